The lowest BCUT2D eigenvalue weighted by atomic mass is 10.2. The van der Waals surface area contributed by atoms with Crippen LogP contribution in [0.5, 0.6) is 5.75 Å². The molecule has 2 aromatic rings. The SMILES string of the molecule is COc1ccc(Cl)cc1N(C=O)Nc1ccc(C(=O)O)cc1. The molecular formula is C15H13ClN2O4. The quantitative estimate of drug-likeness (QED) is 0.632. The monoisotopic (exact) mass is 320 g/mol. The number of amides is 1. The Morgan fingerprint density at radius 3 is 2.50 bits per heavy atom. The number of hydrogen-bond donors (Lipinski definition) is 2. The highest BCUT2D eigenvalue weighted by Crippen LogP contribution is 2.30. The van der Waals surface area contributed by atoms with Gasteiger partial charge >= 0.3 is 5.97 Å². The molecule has 7 heteroatoms. The van der Waals surface area contributed by atoms with Crippen LogP contribution in [0.3, 0.4) is 0 Å². The number of anilines is 2. The number of halogens is 1. The largest absolute Gasteiger partial charge is 0.494 e. The number of carboxylic acid groups (broad SMARTS) is 1. The van der Waals surface area contributed by atoms with Gasteiger partial charge in [-0.25, -0.2) is 9.80 Å². The maximum atomic E-state index is 11.3. The number of ether oxygens (including phenoxy) is 1. The third-order valence-electron chi connectivity index (χ3n) is 2.89. The van der Waals surface area contributed by atoms with Crippen molar-refractivity contribution >= 4 is 35.4 Å². The Morgan fingerprint density at radius 1 is 1.27 bits per heavy atom. The highest BCUT2D eigenvalue weighted by molar-refractivity contribution is 6.31. The smallest absolute Gasteiger partial charge is 0.335 e. The van der Waals surface area contributed by atoms with Crippen LogP contribution in [0.15, 0.2) is 42.5 Å². The number of nitrogens with zero attached hydrogens (tertiary/aromatic N) is 1. The molecule has 0 bridgehead atoms. The second-order valence-corrected chi connectivity index (χ2v) is 4.72. The second-order valence-electron chi connectivity index (χ2n) is 4.29. The van der Waals surface area contributed by atoms with Gasteiger partial charge in [0.15, 0.2) is 0 Å². The van der Waals surface area contributed by atoms with Gasteiger partial charge in [-0.3, -0.25) is 10.2 Å². The van der Waals surface area contributed by atoms with Crippen LogP contribution in [0.25, 0.3) is 0 Å². The van der Waals surface area contributed by atoms with Gasteiger partial charge < -0.3 is 9.84 Å². The van der Waals surface area contributed by atoms with Crippen LogP contribution in [0.1, 0.15) is 10.4 Å². The first-order valence-electron chi connectivity index (χ1n) is 6.23. The molecule has 2 aromatic carbocycles. The molecule has 22 heavy (non-hydrogen) atoms. The molecule has 1 amide bonds. The molecule has 0 atom stereocenters. The lowest BCUT2D eigenvalue weighted by Gasteiger charge is -2.22. The molecule has 0 fully saturated rings. The normalized spacial score (nSPS) is 9.91. The van der Waals surface area contributed by atoms with Gasteiger partial charge in [0.1, 0.15) is 11.4 Å². The predicted molar refractivity (Wildman–Crippen MR) is 83.6 cm³/mol. The summed E-state index contributed by atoms with van der Waals surface area (Å²) in [5.41, 5.74) is 3.98. The van der Waals surface area contributed by atoms with E-state index in [1.165, 1.54) is 24.3 Å². The minimum Gasteiger partial charge on any atom is -0.494 e. The second kappa shape index (κ2) is 6.82. The van der Waals surface area contributed by atoms with Crippen LogP contribution in [0.4, 0.5) is 11.4 Å². The third-order valence-corrected chi connectivity index (χ3v) is 3.12. The Labute approximate surface area is 131 Å². The summed E-state index contributed by atoms with van der Waals surface area (Å²) < 4.78 is 5.19. The molecule has 114 valence electrons. The summed E-state index contributed by atoms with van der Waals surface area (Å²) >= 11 is 5.94. The first-order valence-corrected chi connectivity index (χ1v) is 6.61. The van der Waals surface area contributed by atoms with Crippen molar-refractivity contribution in [3.63, 3.8) is 0 Å². The van der Waals surface area contributed by atoms with E-state index in [0.717, 1.165) is 0 Å². The highest BCUT2D eigenvalue weighted by Gasteiger charge is 2.13. The average molecular weight is 321 g/mol. The van der Waals surface area contributed by atoms with Crippen molar-refractivity contribution in [1.29, 1.82) is 0 Å². The molecule has 0 heterocycles. The molecular weight excluding hydrogens is 308 g/mol. The van der Waals surface area contributed by atoms with Crippen molar-refractivity contribution in [3.05, 3.63) is 53.1 Å². The van der Waals surface area contributed by atoms with Crippen molar-refractivity contribution in [3.8, 4) is 5.75 Å². The van der Waals surface area contributed by atoms with Crippen molar-refractivity contribution in [1.82, 2.24) is 0 Å². The van der Waals surface area contributed by atoms with Crippen molar-refractivity contribution < 1.29 is 19.4 Å². The van der Waals surface area contributed by atoms with Crippen LogP contribution in [-0.4, -0.2) is 24.6 Å². The molecule has 0 radical (unpaired) electrons. The highest BCUT2D eigenvalue weighted by atomic mass is 35.5. The van der Waals surface area contributed by atoms with Gasteiger partial charge in [0.05, 0.1) is 18.4 Å². The topological polar surface area (TPSA) is 78.9 Å². The van der Waals surface area contributed by atoms with Gasteiger partial charge in [0.25, 0.3) is 0 Å². The maximum Gasteiger partial charge on any atom is 0.335 e. The van der Waals surface area contributed by atoms with Crippen LogP contribution < -0.4 is 15.2 Å². The first-order chi connectivity index (χ1) is 10.5. The summed E-state index contributed by atoms with van der Waals surface area (Å²) in [6.45, 7) is 0. The van der Waals surface area contributed by atoms with E-state index in [4.69, 9.17) is 21.4 Å². The predicted octanol–water partition coefficient (Wildman–Crippen LogP) is 3.04. The summed E-state index contributed by atoms with van der Waals surface area (Å²) in [5, 5.41) is 10.5. The van der Waals surface area contributed by atoms with E-state index >= 15 is 0 Å². The number of hydrazine groups is 1. The van der Waals surface area contributed by atoms with Gasteiger partial charge in [-0.2, -0.15) is 0 Å². The molecule has 2 N–H and O–H groups in total. The standard InChI is InChI=1S/C15H13ClN2O4/c1-22-14-7-4-11(16)8-13(14)18(9-19)17-12-5-2-10(3-6-12)15(20)21/h2-9,17H,1H3,(H,20,21). The van der Waals surface area contributed by atoms with Gasteiger partial charge in [-0.1, -0.05) is 11.6 Å². The van der Waals surface area contributed by atoms with Crippen molar-refractivity contribution in [2.45, 2.75) is 0 Å². The molecule has 0 aliphatic rings. The molecule has 2 rings (SSSR count). The minimum atomic E-state index is -1.02. The Kier molecular flexibility index (Phi) is 4.85. The summed E-state index contributed by atoms with van der Waals surface area (Å²) in [4.78, 5) is 22.2. The number of carbonyl (C=O) groups is 2. The number of hydrogen-bond acceptors (Lipinski definition) is 4. The van der Waals surface area contributed by atoms with Crippen LogP contribution in [0.2, 0.25) is 5.02 Å². The van der Waals surface area contributed by atoms with E-state index in [0.29, 0.717) is 28.6 Å². The van der Waals surface area contributed by atoms with E-state index < -0.39 is 5.97 Å². The van der Waals surface area contributed by atoms with Gasteiger partial charge in [-0.15, -0.1) is 0 Å². The average Bonchev–Trinajstić information content (AvgIpc) is 2.53. The number of carbonyl (C=O) groups excluding carboxylic acids is 1. The minimum absolute atomic E-state index is 0.156. The van der Waals surface area contributed by atoms with Crippen molar-refractivity contribution in [2.24, 2.45) is 0 Å². The fraction of sp³-hybridized carbons (Fsp3) is 0.0667. The zero-order valence-corrected chi connectivity index (χ0v) is 12.4. The summed E-state index contributed by atoms with van der Waals surface area (Å²) in [6.07, 6.45) is 0.569. The van der Waals surface area contributed by atoms with E-state index in [9.17, 15) is 9.59 Å². The number of benzene rings is 2. The maximum absolute atomic E-state index is 11.3. The number of carboxylic acids is 1. The Bertz CT molecular complexity index is 688. The molecule has 0 aliphatic carbocycles. The van der Waals surface area contributed by atoms with E-state index in [1.807, 2.05) is 0 Å². The molecule has 0 aromatic heterocycles. The Balaban J connectivity index is 2.27. The van der Waals surface area contributed by atoms with E-state index in [1.54, 1.807) is 30.3 Å². The molecule has 0 unspecified atom stereocenters. The lowest BCUT2D eigenvalue weighted by molar-refractivity contribution is -0.107. The molecule has 0 saturated heterocycles. The molecule has 0 spiro atoms. The number of nitrogens with one attached hydrogen (secondary N) is 1. The third kappa shape index (κ3) is 3.48. The summed E-state index contributed by atoms with van der Waals surface area (Å²) in [5.74, 6) is -0.554. The van der Waals surface area contributed by atoms with Gasteiger partial charge in [0, 0.05) is 5.02 Å². The lowest BCUT2D eigenvalue weighted by Crippen LogP contribution is -2.28. The number of aromatic carboxylic acids is 1. The van der Waals surface area contributed by atoms with Gasteiger partial charge in [0.2, 0.25) is 6.41 Å². The zero-order chi connectivity index (χ0) is 16.1. The zero-order valence-electron chi connectivity index (χ0n) is 11.6. The summed E-state index contributed by atoms with van der Waals surface area (Å²) in [7, 11) is 1.48. The van der Waals surface area contributed by atoms with Crippen molar-refractivity contribution in [2.75, 3.05) is 17.5 Å². The number of methoxy groups -OCH3 is 1. The molecule has 6 nitrogen and oxygen atoms in total. The first kappa shape index (κ1) is 15.7. The van der Waals surface area contributed by atoms with Crippen LogP contribution in [0, 0.1) is 0 Å². The van der Waals surface area contributed by atoms with Crippen LogP contribution in [-0.2, 0) is 4.79 Å². The van der Waals surface area contributed by atoms with Gasteiger partial charge in [-0.05, 0) is 42.5 Å². The van der Waals surface area contributed by atoms with E-state index in [2.05, 4.69) is 5.43 Å². The Hall–Kier alpha value is -2.73. The van der Waals surface area contributed by atoms with Crippen LogP contribution >= 0.6 is 11.6 Å². The van der Waals surface area contributed by atoms with E-state index in [-0.39, 0.29) is 5.56 Å². The number of rotatable bonds is 6. The fourth-order valence-corrected chi connectivity index (χ4v) is 1.99. The Morgan fingerprint density at radius 2 is 1.95 bits per heavy atom. The molecule has 0 aliphatic heterocycles. The summed E-state index contributed by atoms with van der Waals surface area (Å²) in [6, 6.07) is 10.8. The fourth-order valence-electron chi connectivity index (χ4n) is 1.82. The molecule has 0 saturated carbocycles.